The molecule has 0 unspecified atom stereocenters. The van der Waals surface area contributed by atoms with Gasteiger partial charge in [0.05, 0.1) is 0 Å². The van der Waals surface area contributed by atoms with E-state index in [2.05, 4.69) is 15.6 Å². The molecule has 1 heterocycles. The Bertz CT molecular complexity index is 599. The van der Waals surface area contributed by atoms with Crippen molar-refractivity contribution in [2.24, 2.45) is 0 Å². The van der Waals surface area contributed by atoms with Crippen molar-refractivity contribution in [1.82, 2.24) is 15.6 Å². The van der Waals surface area contributed by atoms with Gasteiger partial charge in [0.15, 0.2) is 0 Å². The Labute approximate surface area is 116 Å². The van der Waals surface area contributed by atoms with Crippen LogP contribution in [0.4, 0.5) is 9.18 Å². The minimum atomic E-state index is -0.352. The van der Waals surface area contributed by atoms with Crippen molar-refractivity contribution in [2.75, 3.05) is 0 Å². The van der Waals surface area contributed by atoms with Gasteiger partial charge in [0.2, 0.25) is 0 Å². The first kappa shape index (κ1) is 13.7. The zero-order chi connectivity index (χ0) is 14.2. The van der Waals surface area contributed by atoms with Crippen molar-refractivity contribution < 1.29 is 9.18 Å². The maximum absolute atomic E-state index is 13.3. The highest BCUT2D eigenvalue weighted by atomic mass is 19.1. The molecule has 4 nitrogen and oxygen atoms in total. The van der Waals surface area contributed by atoms with Gasteiger partial charge in [-0.25, -0.2) is 9.18 Å². The van der Waals surface area contributed by atoms with Gasteiger partial charge in [-0.15, -0.1) is 0 Å². The van der Waals surface area contributed by atoms with Crippen LogP contribution in [-0.4, -0.2) is 11.0 Å². The number of benzene rings is 1. The second kappa shape index (κ2) is 7.04. The minimum Gasteiger partial charge on any atom is -0.334 e. The van der Waals surface area contributed by atoms with Gasteiger partial charge < -0.3 is 10.6 Å². The number of nitrogens with zero attached hydrogens (tertiary/aromatic N) is 1. The lowest BCUT2D eigenvalue weighted by molar-refractivity contribution is 0.244. The lowest BCUT2D eigenvalue weighted by Crippen LogP contribution is -2.31. The molecule has 5 heteroatoms. The molecule has 1 aromatic carbocycles. The van der Waals surface area contributed by atoms with Crippen LogP contribution in [0.2, 0.25) is 0 Å². The van der Waals surface area contributed by atoms with E-state index in [0.29, 0.717) is 12.1 Å². The fourth-order valence-corrected chi connectivity index (χ4v) is 1.55. The van der Waals surface area contributed by atoms with E-state index in [0.717, 1.165) is 5.56 Å². The molecule has 0 spiro atoms. The standard InChI is InChI=1S/C15H14FN3O/c16-14-4-2-1-3-13(14)7-10-18-15(20)19-11-12-5-8-17-9-6-12/h1-10H,11H2,(H2,18,19,20)/b10-7+. The normalized spacial score (nSPS) is 10.4. The quantitative estimate of drug-likeness (QED) is 0.898. The number of urea groups is 1. The molecule has 0 fully saturated rings. The van der Waals surface area contributed by atoms with Gasteiger partial charge in [-0.1, -0.05) is 18.2 Å². The fourth-order valence-electron chi connectivity index (χ4n) is 1.55. The predicted octanol–water partition coefficient (Wildman–Crippen LogP) is 2.69. The zero-order valence-electron chi connectivity index (χ0n) is 10.7. The Hall–Kier alpha value is -2.69. The molecule has 0 aliphatic carbocycles. The number of carbonyl (C=O) groups excluding carboxylic acids is 1. The first-order valence-electron chi connectivity index (χ1n) is 6.10. The number of rotatable bonds is 4. The third-order valence-electron chi connectivity index (χ3n) is 2.58. The summed E-state index contributed by atoms with van der Waals surface area (Å²) >= 11 is 0. The summed E-state index contributed by atoms with van der Waals surface area (Å²) in [5.41, 5.74) is 1.37. The van der Waals surface area contributed by atoms with Crippen LogP contribution in [0.5, 0.6) is 0 Å². The molecule has 2 rings (SSSR count). The Morgan fingerprint density at radius 2 is 1.95 bits per heavy atom. The highest BCUT2D eigenvalue weighted by Gasteiger charge is 1.98. The maximum Gasteiger partial charge on any atom is 0.319 e. The Kier molecular flexibility index (Phi) is 4.83. The first-order valence-corrected chi connectivity index (χ1v) is 6.10. The number of pyridine rings is 1. The topological polar surface area (TPSA) is 54.0 Å². The second-order valence-electron chi connectivity index (χ2n) is 4.04. The van der Waals surface area contributed by atoms with Gasteiger partial charge in [0.25, 0.3) is 0 Å². The van der Waals surface area contributed by atoms with E-state index in [9.17, 15) is 9.18 Å². The van der Waals surface area contributed by atoms with E-state index in [-0.39, 0.29) is 11.8 Å². The van der Waals surface area contributed by atoms with E-state index >= 15 is 0 Å². The Morgan fingerprint density at radius 1 is 1.20 bits per heavy atom. The zero-order valence-corrected chi connectivity index (χ0v) is 10.7. The summed E-state index contributed by atoms with van der Waals surface area (Å²) in [6.45, 7) is 0.405. The molecule has 102 valence electrons. The smallest absolute Gasteiger partial charge is 0.319 e. The lowest BCUT2D eigenvalue weighted by Gasteiger charge is -2.04. The molecule has 0 aliphatic heterocycles. The summed E-state index contributed by atoms with van der Waals surface area (Å²) in [7, 11) is 0. The SMILES string of the molecule is O=C(N/C=C/c1ccccc1F)NCc1ccncc1. The number of aromatic nitrogens is 1. The van der Waals surface area contributed by atoms with Crippen LogP contribution < -0.4 is 10.6 Å². The van der Waals surface area contributed by atoms with Gasteiger partial charge in [0.1, 0.15) is 5.82 Å². The Morgan fingerprint density at radius 3 is 2.70 bits per heavy atom. The van der Waals surface area contributed by atoms with Gasteiger partial charge in [0, 0.05) is 30.7 Å². The van der Waals surface area contributed by atoms with E-state index in [1.807, 2.05) is 12.1 Å². The number of nitrogens with one attached hydrogen (secondary N) is 2. The predicted molar refractivity (Wildman–Crippen MR) is 75.0 cm³/mol. The summed E-state index contributed by atoms with van der Waals surface area (Å²) in [5.74, 6) is -0.331. The highest BCUT2D eigenvalue weighted by Crippen LogP contribution is 2.07. The molecule has 0 radical (unpaired) electrons. The second-order valence-corrected chi connectivity index (χ2v) is 4.04. The van der Waals surface area contributed by atoms with Crippen molar-refractivity contribution >= 4 is 12.1 Å². The molecule has 0 bridgehead atoms. The van der Waals surface area contributed by atoms with Crippen molar-refractivity contribution in [2.45, 2.75) is 6.54 Å². The molecule has 0 aliphatic rings. The highest BCUT2D eigenvalue weighted by molar-refractivity contribution is 5.75. The summed E-state index contributed by atoms with van der Waals surface area (Å²) in [4.78, 5) is 15.4. The van der Waals surface area contributed by atoms with Crippen molar-refractivity contribution in [1.29, 1.82) is 0 Å². The van der Waals surface area contributed by atoms with E-state index in [4.69, 9.17) is 0 Å². The molecule has 1 aromatic heterocycles. The van der Waals surface area contributed by atoms with Crippen LogP contribution in [0.25, 0.3) is 6.08 Å². The van der Waals surface area contributed by atoms with Crippen LogP contribution >= 0.6 is 0 Å². The summed E-state index contributed by atoms with van der Waals surface area (Å²) in [6, 6.07) is 9.61. The number of halogens is 1. The van der Waals surface area contributed by atoms with Crippen LogP contribution in [0.1, 0.15) is 11.1 Å². The molecule has 20 heavy (non-hydrogen) atoms. The molecule has 0 atom stereocenters. The summed E-state index contributed by atoms with van der Waals surface area (Å²) < 4.78 is 13.3. The first-order chi connectivity index (χ1) is 9.75. The van der Waals surface area contributed by atoms with E-state index in [1.165, 1.54) is 18.3 Å². The van der Waals surface area contributed by atoms with E-state index in [1.54, 1.807) is 30.6 Å². The van der Waals surface area contributed by atoms with Gasteiger partial charge in [-0.05, 0) is 29.8 Å². The largest absolute Gasteiger partial charge is 0.334 e. The number of carbonyl (C=O) groups is 1. The van der Waals surface area contributed by atoms with Crippen molar-refractivity contribution in [3.8, 4) is 0 Å². The maximum atomic E-state index is 13.3. The van der Waals surface area contributed by atoms with Crippen LogP contribution in [0, 0.1) is 5.82 Å². The number of amides is 2. The van der Waals surface area contributed by atoms with Gasteiger partial charge >= 0.3 is 6.03 Å². The third kappa shape index (κ3) is 4.20. The molecule has 2 amide bonds. The summed E-state index contributed by atoms with van der Waals surface area (Å²) in [5, 5.41) is 5.19. The molecule has 2 N–H and O–H groups in total. The van der Waals surface area contributed by atoms with Crippen molar-refractivity contribution in [3.63, 3.8) is 0 Å². The minimum absolute atomic E-state index is 0.331. The van der Waals surface area contributed by atoms with Crippen LogP contribution in [0.3, 0.4) is 0 Å². The van der Waals surface area contributed by atoms with Crippen molar-refractivity contribution in [3.05, 3.63) is 71.9 Å². The molecule has 0 saturated heterocycles. The van der Waals surface area contributed by atoms with E-state index < -0.39 is 0 Å². The van der Waals surface area contributed by atoms with Gasteiger partial charge in [-0.3, -0.25) is 4.98 Å². The Balaban J connectivity index is 1.79. The summed E-state index contributed by atoms with van der Waals surface area (Å²) in [6.07, 6.45) is 6.22. The van der Waals surface area contributed by atoms with Crippen LogP contribution in [-0.2, 0) is 6.54 Å². The monoisotopic (exact) mass is 271 g/mol. The van der Waals surface area contributed by atoms with Gasteiger partial charge in [-0.2, -0.15) is 0 Å². The number of hydrogen-bond acceptors (Lipinski definition) is 2. The lowest BCUT2D eigenvalue weighted by atomic mass is 10.2. The van der Waals surface area contributed by atoms with Crippen LogP contribution in [0.15, 0.2) is 55.0 Å². The molecular weight excluding hydrogens is 257 g/mol. The molecule has 2 aromatic rings. The molecule has 0 saturated carbocycles. The fraction of sp³-hybridized carbons (Fsp3) is 0.0667. The molecular formula is C15H14FN3O. The average molecular weight is 271 g/mol. The average Bonchev–Trinajstić information content (AvgIpc) is 2.48. The third-order valence-corrected chi connectivity index (χ3v) is 2.58. The number of hydrogen-bond donors (Lipinski definition) is 2.